The molecule has 1 atom stereocenters. The van der Waals surface area contributed by atoms with Crippen molar-refractivity contribution in [2.75, 3.05) is 19.3 Å². The van der Waals surface area contributed by atoms with E-state index in [1.165, 1.54) is 6.26 Å². The van der Waals surface area contributed by atoms with Crippen LogP contribution >= 0.6 is 0 Å². The number of aromatic amines is 1. The van der Waals surface area contributed by atoms with Gasteiger partial charge in [0.1, 0.15) is 0 Å². The Balaban J connectivity index is 2.17. The highest BCUT2D eigenvalue weighted by molar-refractivity contribution is 7.88. The summed E-state index contributed by atoms with van der Waals surface area (Å²) in [6.07, 6.45) is 5.00. The average molecular weight is 243 g/mol. The number of nitrogens with one attached hydrogen (secondary N) is 1. The Bertz CT molecular complexity index is 466. The van der Waals surface area contributed by atoms with E-state index in [-0.39, 0.29) is 5.92 Å². The molecule has 90 valence electrons. The van der Waals surface area contributed by atoms with Crippen LogP contribution in [0.4, 0.5) is 0 Å². The normalized spacial score (nSPS) is 23.5. The molecule has 1 fully saturated rings. The third kappa shape index (κ3) is 2.27. The second-order valence-electron chi connectivity index (χ2n) is 4.43. The predicted octanol–water partition coefficient (Wildman–Crippen LogP) is 0.857. The van der Waals surface area contributed by atoms with Crippen LogP contribution in [0.2, 0.25) is 0 Å². The van der Waals surface area contributed by atoms with Gasteiger partial charge in [0.2, 0.25) is 10.0 Å². The summed E-state index contributed by atoms with van der Waals surface area (Å²) in [5.41, 5.74) is 2.19. The van der Waals surface area contributed by atoms with E-state index in [9.17, 15) is 8.42 Å². The molecule has 5 nitrogen and oxygen atoms in total. The molecule has 0 spiro atoms. The molecule has 0 saturated carbocycles. The summed E-state index contributed by atoms with van der Waals surface area (Å²) < 4.78 is 24.5. The molecule has 0 unspecified atom stereocenters. The van der Waals surface area contributed by atoms with Gasteiger partial charge in [-0.25, -0.2) is 12.7 Å². The fraction of sp³-hybridized carbons (Fsp3) is 0.700. The topological polar surface area (TPSA) is 66.1 Å². The van der Waals surface area contributed by atoms with Crippen LogP contribution in [0, 0.1) is 6.92 Å². The van der Waals surface area contributed by atoms with Crippen molar-refractivity contribution in [1.82, 2.24) is 14.5 Å². The Morgan fingerprint density at radius 2 is 2.31 bits per heavy atom. The van der Waals surface area contributed by atoms with Crippen LogP contribution in [0.3, 0.4) is 0 Å². The SMILES string of the molecule is Cc1cn[nH]c1[C@@H]1CCCN(S(C)(=O)=O)C1. The van der Waals surface area contributed by atoms with Crippen LogP contribution in [0.25, 0.3) is 0 Å². The molecule has 1 aliphatic rings. The molecule has 0 aliphatic carbocycles. The summed E-state index contributed by atoms with van der Waals surface area (Å²) in [6, 6.07) is 0. The molecule has 6 heteroatoms. The van der Waals surface area contributed by atoms with Crippen LogP contribution in [-0.4, -0.2) is 42.3 Å². The largest absolute Gasteiger partial charge is 0.282 e. The lowest BCUT2D eigenvalue weighted by Crippen LogP contribution is -2.38. The van der Waals surface area contributed by atoms with Gasteiger partial charge in [-0.15, -0.1) is 0 Å². The Hall–Kier alpha value is -0.880. The number of rotatable bonds is 2. The Labute approximate surface area is 95.9 Å². The van der Waals surface area contributed by atoms with E-state index < -0.39 is 10.0 Å². The maximum absolute atomic E-state index is 11.5. The zero-order valence-corrected chi connectivity index (χ0v) is 10.4. The molecule has 1 aromatic heterocycles. The van der Waals surface area contributed by atoms with Gasteiger partial charge in [0.15, 0.2) is 0 Å². The van der Waals surface area contributed by atoms with Crippen molar-refractivity contribution in [1.29, 1.82) is 0 Å². The van der Waals surface area contributed by atoms with Gasteiger partial charge in [-0.2, -0.15) is 5.10 Å². The molecule has 0 aromatic carbocycles. The highest BCUT2D eigenvalue weighted by Crippen LogP contribution is 2.28. The van der Waals surface area contributed by atoms with E-state index in [2.05, 4.69) is 10.2 Å². The van der Waals surface area contributed by atoms with Gasteiger partial charge >= 0.3 is 0 Å². The van der Waals surface area contributed by atoms with Crippen molar-refractivity contribution in [2.45, 2.75) is 25.7 Å². The summed E-state index contributed by atoms with van der Waals surface area (Å²) in [5, 5.41) is 6.97. The predicted molar refractivity (Wildman–Crippen MR) is 61.7 cm³/mol. The van der Waals surface area contributed by atoms with Gasteiger partial charge in [0.25, 0.3) is 0 Å². The molecule has 1 aromatic rings. The monoisotopic (exact) mass is 243 g/mol. The van der Waals surface area contributed by atoms with Crippen LogP contribution in [0.5, 0.6) is 0 Å². The van der Waals surface area contributed by atoms with Crippen LogP contribution in [-0.2, 0) is 10.0 Å². The second kappa shape index (κ2) is 4.18. The number of sulfonamides is 1. The lowest BCUT2D eigenvalue weighted by molar-refractivity contribution is 0.314. The van der Waals surface area contributed by atoms with E-state index in [4.69, 9.17) is 0 Å². The van der Waals surface area contributed by atoms with Crippen molar-refractivity contribution in [3.8, 4) is 0 Å². The number of nitrogens with zero attached hydrogens (tertiary/aromatic N) is 2. The average Bonchev–Trinajstić information content (AvgIpc) is 2.63. The number of piperidine rings is 1. The molecular weight excluding hydrogens is 226 g/mol. The molecule has 1 saturated heterocycles. The first-order valence-electron chi connectivity index (χ1n) is 5.43. The molecular formula is C10H17N3O2S. The third-order valence-corrected chi connectivity index (χ3v) is 4.40. The first-order chi connectivity index (χ1) is 7.48. The lowest BCUT2D eigenvalue weighted by atomic mass is 9.94. The summed E-state index contributed by atoms with van der Waals surface area (Å²) in [7, 11) is -3.06. The van der Waals surface area contributed by atoms with Gasteiger partial charge in [-0.05, 0) is 25.3 Å². The van der Waals surface area contributed by atoms with Crippen molar-refractivity contribution in [3.05, 3.63) is 17.5 Å². The van der Waals surface area contributed by atoms with Crippen molar-refractivity contribution in [3.63, 3.8) is 0 Å². The van der Waals surface area contributed by atoms with Gasteiger partial charge in [-0.3, -0.25) is 5.10 Å². The van der Waals surface area contributed by atoms with Gasteiger partial charge in [-0.1, -0.05) is 0 Å². The van der Waals surface area contributed by atoms with Gasteiger partial charge < -0.3 is 0 Å². The van der Waals surface area contributed by atoms with Crippen LogP contribution < -0.4 is 0 Å². The van der Waals surface area contributed by atoms with Crippen molar-refractivity contribution >= 4 is 10.0 Å². The highest BCUT2D eigenvalue weighted by Gasteiger charge is 2.28. The highest BCUT2D eigenvalue weighted by atomic mass is 32.2. The molecule has 1 N–H and O–H groups in total. The van der Waals surface area contributed by atoms with Gasteiger partial charge in [0.05, 0.1) is 12.5 Å². The molecule has 1 aliphatic heterocycles. The smallest absolute Gasteiger partial charge is 0.211 e. The minimum atomic E-state index is -3.06. The van der Waals surface area contributed by atoms with Gasteiger partial charge in [0, 0.05) is 24.7 Å². The first kappa shape index (κ1) is 11.6. The van der Waals surface area contributed by atoms with Crippen LogP contribution in [0.1, 0.15) is 30.0 Å². The Morgan fingerprint density at radius 3 is 2.88 bits per heavy atom. The minimum absolute atomic E-state index is 0.256. The molecule has 2 rings (SSSR count). The summed E-state index contributed by atoms with van der Waals surface area (Å²) >= 11 is 0. The standard InChI is InChI=1S/C10H17N3O2S/c1-8-6-11-12-10(8)9-4-3-5-13(7-9)16(2,14)15/h6,9H,3-5,7H2,1-2H3,(H,11,12)/t9-/m1/s1. The quantitative estimate of drug-likeness (QED) is 0.837. The van der Waals surface area contributed by atoms with Crippen LogP contribution in [0.15, 0.2) is 6.20 Å². The van der Waals surface area contributed by atoms with Crippen molar-refractivity contribution < 1.29 is 8.42 Å². The van der Waals surface area contributed by atoms with E-state index in [1.54, 1.807) is 10.5 Å². The zero-order valence-electron chi connectivity index (χ0n) is 9.60. The Kier molecular flexibility index (Phi) is 3.03. The molecule has 16 heavy (non-hydrogen) atoms. The maximum Gasteiger partial charge on any atom is 0.211 e. The van der Waals surface area contributed by atoms with Crippen molar-refractivity contribution in [2.24, 2.45) is 0 Å². The Morgan fingerprint density at radius 1 is 1.56 bits per heavy atom. The molecule has 0 amide bonds. The molecule has 2 heterocycles. The summed E-state index contributed by atoms with van der Waals surface area (Å²) in [4.78, 5) is 0. The van der Waals surface area contributed by atoms with E-state index in [1.807, 2.05) is 6.92 Å². The third-order valence-electron chi connectivity index (χ3n) is 3.13. The number of hydrogen-bond acceptors (Lipinski definition) is 3. The zero-order chi connectivity index (χ0) is 11.8. The summed E-state index contributed by atoms with van der Waals surface area (Å²) in [5.74, 6) is 0.256. The van der Waals surface area contributed by atoms with E-state index >= 15 is 0 Å². The number of hydrogen-bond donors (Lipinski definition) is 1. The number of H-pyrrole nitrogens is 1. The summed E-state index contributed by atoms with van der Waals surface area (Å²) in [6.45, 7) is 3.21. The van der Waals surface area contributed by atoms with E-state index in [0.29, 0.717) is 13.1 Å². The molecule has 0 radical (unpaired) electrons. The second-order valence-corrected chi connectivity index (χ2v) is 6.41. The molecule has 0 bridgehead atoms. The first-order valence-corrected chi connectivity index (χ1v) is 7.28. The van der Waals surface area contributed by atoms with E-state index in [0.717, 1.165) is 24.1 Å². The fourth-order valence-electron chi connectivity index (χ4n) is 2.25. The minimum Gasteiger partial charge on any atom is -0.282 e. The fourth-order valence-corrected chi connectivity index (χ4v) is 3.16. The maximum atomic E-state index is 11.5. The number of aromatic nitrogens is 2. The lowest BCUT2D eigenvalue weighted by Gasteiger charge is -2.30. The number of aryl methyl sites for hydroxylation is 1.